The van der Waals surface area contributed by atoms with Crippen molar-refractivity contribution >= 4 is 23.6 Å². The van der Waals surface area contributed by atoms with Crippen LogP contribution in [0.3, 0.4) is 0 Å². The van der Waals surface area contributed by atoms with E-state index >= 15 is 0 Å². The molecule has 0 spiro atoms. The fourth-order valence-electron chi connectivity index (χ4n) is 3.62. The second-order valence-electron chi connectivity index (χ2n) is 7.83. The van der Waals surface area contributed by atoms with E-state index in [4.69, 9.17) is 4.74 Å². The highest BCUT2D eigenvalue weighted by Crippen LogP contribution is 2.19. The van der Waals surface area contributed by atoms with Gasteiger partial charge >= 0.3 is 6.09 Å². The number of carbonyl (C=O) groups excluding carboxylic acids is 3. The van der Waals surface area contributed by atoms with Gasteiger partial charge in [0.2, 0.25) is 11.8 Å². The van der Waals surface area contributed by atoms with Crippen molar-refractivity contribution in [1.82, 2.24) is 19.6 Å². The summed E-state index contributed by atoms with van der Waals surface area (Å²) in [5.41, 5.74) is 2.37. The number of aromatic nitrogens is 2. The summed E-state index contributed by atoms with van der Waals surface area (Å²) in [5.74, 6) is -0.163. The van der Waals surface area contributed by atoms with E-state index in [1.807, 2.05) is 30.3 Å². The molecular formula is C23H31N5O4. The lowest BCUT2D eigenvalue weighted by Crippen LogP contribution is -2.52. The Morgan fingerprint density at radius 1 is 1.09 bits per heavy atom. The number of nitrogens with one attached hydrogen (secondary N) is 1. The van der Waals surface area contributed by atoms with Crippen LogP contribution in [0.1, 0.15) is 37.6 Å². The zero-order valence-corrected chi connectivity index (χ0v) is 18.9. The Bertz CT molecular complexity index is 935. The van der Waals surface area contributed by atoms with Crippen LogP contribution in [-0.2, 0) is 20.7 Å². The van der Waals surface area contributed by atoms with Crippen LogP contribution in [0.5, 0.6) is 0 Å². The van der Waals surface area contributed by atoms with Crippen molar-refractivity contribution in [2.45, 2.75) is 39.7 Å². The van der Waals surface area contributed by atoms with Gasteiger partial charge in [0.1, 0.15) is 6.04 Å². The molecule has 1 unspecified atom stereocenters. The summed E-state index contributed by atoms with van der Waals surface area (Å²) in [4.78, 5) is 40.5. The lowest BCUT2D eigenvalue weighted by molar-refractivity contribution is -0.136. The quantitative estimate of drug-likeness (QED) is 0.713. The van der Waals surface area contributed by atoms with Gasteiger partial charge in [-0.05, 0) is 32.8 Å². The van der Waals surface area contributed by atoms with Crippen LogP contribution >= 0.6 is 0 Å². The average molecular weight is 442 g/mol. The predicted octanol–water partition coefficient (Wildman–Crippen LogP) is 2.62. The van der Waals surface area contributed by atoms with Gasteiger partial charge in [-0.15, -0.1) is 0 Å². The van der Waals surface area contributed by atoms with E-state index in [9.17, 15) is 14.4 Å². The lowest BCUT2D eigenvalue weighted by atomic mass is 10.1. The van der Waals surface area contributed by atoms with Crippen molar-refractivity contribution in [1.29, 1.82) is 0 Å². The first-order valence-electron chi connectivity index (χ1n) is 11.0. The van der Waals surface area contributed by atoms with Gasteiger partial charge in [0, 0.05) is 38.8 Å². The molecule has 0 radical (unpaired) electrons. The first kappa shape index (κ1) is 23.3. The third-order valence-corrected chi connectivity index (χ3v) is 5.55. The van der Waals surface area contributed by atoms with E-state index in [0.29, 0.717) is 57.0 Å². The summed E-state index contributed by atoms with van der Waals surface area (Å²) < 4.78 is 6.60. The van der Waals surface area contributed by atoms with Gasteiger partial charge in [0.25, 0.3) is 0 Å². The molecule has 172 valence electrons. The standard InChI is InChI=1S/C23H31N5O4/c1-4-32-23(31)27-14-12-26(13-15-27)22(30)18(3)28-16-20(17(2)25-28)24-21(29)11-10-19-8-6-5-7-9-19/h5-9,16,18H,4,10-15H2,1-3H3,(H,24,29). The van der Waals surface area contributed by atoms with E-state index < -0.39 is 6.04 Å². The molecule has 1 aliphatic heterocycles. The van der Waals surface area contributed by atoms with Crippen LogP contribution in [0, 0.1) is 6.92 Å². The number of piperazine rings is 1. The highest BCUT2D eigenvalue weighted by molar-refractivity contribution is 5.91. The zero-order valence-electron chi connectivity index (χ0n) is 18.9. The summed E-state index contributed by atoms with van der Waals surface area (Å²) in [6.45, 7) is 7.48. The number of aryl methyl sites for hydroxylation is 2. The smallest absolute Gasteiger partial charge is 0.409 e. The van der Waals surface area contributed by atoms with Gasteiger partial charge in [0.15, 0.2) is 0 Å². The number of anilines is 1. The Kier molecular flexibility index (Phi) is 7.86. The first-order chi connectivity index (χ1) is 15.4. The van der Waals surface area contributed by atoms with Crippen molar-refractivity contribution in [2.75, 3.05) is 38.1 Å². The molecule has 0 saturated carbocycles. The summed E-state index contributed by atoms with van der Waals surface area (Å²) in [6.07, 6.45) is 2.39. The molecule has 0 aliphatic carbocycles. The maximum Gasteiger partial charge on any atom is 0.409 e. The maximum absolute atomic E-state index is 12.9. The van der Waals surface area contributed by atoms with Gasteiger partial charge in [0.05, 0.1) is 18.0 Å². The molecule has 2 heterocycles. The summed E-state index contributed by atoms with van der Waals surface area (Å²) >= 11 is 0. The van der Waals surface area contributed by atoms with Crippen molar-refractivity contribution in [3.8, 4) is 0 Å². The molecule has 1 saturated heterocycles. The van der Waals surface area contributed by atoms with E-state index in [0.717, 1.165) is 5.56 Å². The largest absolute Gasteiger partial charge is 0.450 e. The second-order valence-corrected chi connectivity index (χ2v) is 7.83. The topological polar surface area (TPSA) is 96.8 Å². The maximum atomic E-state index is 12.9. The average Bonchev–Trinajstić information content (AvgIpc) is 3.17. The van der Waals surface area contributed by atoms with Crippen molar-refractivity contribution in [2.24, 2.45) is 0 Å². The van der Waals surface area contributed by atoms with Gasteiger partial charge in [-0.25, -0.2) is 4.79 Å². The van der Waals surface area contributed by atoms with E-state index in [1.165, 1.54) is 0 Å². The lowest BCUT2D eigenvalue weighted by Gasteiger charge is -2.35. The van der Waals surface area contributed by atoms with Crippen LogP contribution in [0.2, 0.25) is 0 Å². The molecule has 0 bridgehead atoms. The highest BCUT2D eigenvalue weighted by atomic mass is 16.6. The van der Waals surface area contributed by atoms with Crippen molar-refractivity contribution in [3.05, 3.63) is 47.8 Å². The van der Waals surface area contributed by atoms with Gasteiger partial charge in [-0.3, -0.25) is 14.3 Å². The van der Waals surface area contributed by atoms with Crippen LogP contribution in [0.4, 0.5) is 10.5 Å². The molecule has 3 amide bonds. The van der Waals surface area contributed by atoms with Gasteiger partial charge < -0.3 is 19.9 Å². The number of rotatable bonds is 7. The molecular weight excluding hydrogens is 410 g/mol. The molecule has 1 aliphatic rings. The Morgan fingerprint density at radius 2 is 1.75 bits per heavy atom. The third-order valence-electron chi connectivity index (χ3n) is 5.55. The zero-order chi connectivity index (χ0) is 23.1. The van der Waals surface area contributed by atoms with E-state index in [-0.39, 0.29) is 17.9 Å². The minimum atomic E-state index is -0.516. The fourth-order valence-corrected chi connectivity index (χ4v) is 3.62. The molecule has 9 heteroatoms. The Labute approximate surface area is 188 Å². The molecule has 2 aromatic rings. The Hall–Kier alpha value is -3.36. The molecule has 3 rings (SSSR count). The number of nitrogens with zero attached hydrogens (tertiary/aromatic N) is 4. The molecule has 1 aromatic carbocycles. The van der Waals surface area contributed by atoms with Crippen LogP contribution < -0.4 is 5.32 Å². The highest BCUT2D eigenvalue weighted by Gasteiger charge is 2.29. The fraction of sp³-hybridized carbons (Fsp3) is 0.478. The summed E-state index contributed by atoms with van der Waals surface area (Å²) in [7, 11) is 0. The number of hydrogen-bond acceptors (Lipinski definition) is 5. The second kappa shape index (κ2) is 10.8. The monoisotopic (exact) mass is 441 g/mol. The summed E-state index contributed by atoms with van der Waals surface area (Å²) in [5, 5.41) is 7.33. The SMILES string of the molecule is CCOC(=O)N1CCN(C(=O)C(C)n2cc(NC(=O)CCc3ccccc3)c(C)n2)CC1. The Morgan fingerprint density at radius 3 is 2.41 bits per heavy atom. The van der Waals surface area contributed by atoms with Gasteiger partial charge in [-0.1, -0.05) is 30.3 Å². The summed E-state index contributed by atoms with van der Waals surface area (Å²) in [6, 6.07) is 9.34. The minimum absolute atomic E-state index is 0.0713. The van der Waals surface area contributed by atoms with Crippen molar-refractivity contribution < 1.29 is 19.1 Å². The van der Waals surface area contributed by atoms with Crippen LogP contribution in [0.15, 0.2) is 36.5 Å². The predicted molar refractivity (Wildman–Crippen MR) is 120 cm³/mol. The molecule has 9 nitrogen and oxygen atoms in total. The van der Waals surface area contributed by atoms with Crippen LogP contribution in [0.25, 0.3) is 0 Å². The van der Waals surface area contributed by atoms with Gasteiger partial charge in [-0.2, -0.15) is 5.10 Å². The number of benzene rings is 1. The molecule has 1 fully saturated rings. The number of carbonyl (C=O) groups is 3. The molecule has 32 heavy (non-hydrogen) atoms. The number of ether oxygens (including phenoxy) is 1. The normalized spacial score (nSPS) is 14.7. The number of hydrogen-bond donors (Lipinski definition) is 1. The van der Waals surface area contributed by atoms with Crippen LogP contribution in [-0.4, -0.2) is 70.3 Å². The molecule has 1 aromatic heterocycles. The van der Waals surface area contributed by atoms with E-state index in [1.54, 1.807) is 41.4 Å². The third kappa shape index (κ3) is 5.87. The first-order valence-corrected chi connectivity index (χ1v) is 11.0. The molecule has 1 atom stereocenters. The molecule has 1 N–H and O–H groups in total. The van der Waals surface area contributed by atoms with E-state index in [2.05, 4.69) is 10.4 Å². The number of amides is 3. The minimum Gasteiger partial charge on any atom is -0.450 e. The Balaban J connectivity index is 1.53. The van der Waals surface area contributed by atoms with Crippen molar-refractivity contribution in [3.63, 3.8) is 0 Å².